The van der Waals surface area contributed by atoms with Crippen molar-refractivity contribution in [2.45, 2.75) is 13.3 Å². The van der Waals surface area contributed by atoms with Crippen molar-refractivity contribution in [3.05, 3.63) is 36.0 Å². The van der Waals surface area contributed by atoms with E-state index in [1.807, 2.05) is 19.3 Å². The Bertz CT molecular complexity index is 663. The highest BCUT2D eigenvalue weighted by molar-refractivity contribution is 5.79. The van der Waals surface area contributed by atoms with Gasteiger partial charge in [0.2, 0.25) is 0 Å². The van der Waals surface area contributed by atoms with Crippen LogP contribution >= 0.6 is 0 Å². The molecule has 0 unspecified atom stereocenters. The molecule has 0 amide bonds. The van der Waals surface area contributed by atoms with E-state index in [1.165, 1.54) is 5.56 Å². The second kappa shape index (κ2) is 3.73. The lowest BCUT2D eigenvalue weighted by atomic mass is 10.1. The van der Waals surface area contributed by atoms with Crippen molar-refractivity contribution < 1.29 is 0 Å². The predicted octanol–water partition coefficient (Wildman–Crippen LogP) is 2.53. The first-order valence-electron chi connectivity index (χ1n) is 5.75. The molecule has 3 aromatic rings. The maximum atomic E-state index is 4.54. The number of nitrogens with zero attached hydrogens (tertiary/aromatic N) is 3. The van der Waals surface area contributed by atoms with Crippen LogP contribution in [-0.2, 0) is 13.5 Å². The van der Waals surface area contributed by atoms with Crippen LogP contribution in [0, 0.1) is 0 Å². The summed E-state index contributed by atoms with van der Waals surface area (Å²) in [7, 11) is 1.90. The van der Waals surface area contributed by atoms with Crippen LogP contribution in [0.3, 0.4) is 0 Å². The zero-order chi connectivity index (χ0) is 11.8. The first-order chi connectivity index (χ1) is 8.26. The molecule has 0 saturated carbocycles. The van der Waals surface area contributed by atoms with E-state index in [2.05, 4.69) is 40.2 Å². The van der Waals surface area contributed by atoms with Crippen molar-refractivity contribution in [1.82, 2.24) is 19.7 Å². The fraction of sp³-hybridized carbons (Fsp3) is 0.231. The van der Waals surface area contributed by atoms with Crippen molar-refractivity contribution in [2.75, 3.05) is 0 Å². The van der Waals surface area contributed by atoms with Crippen LogP contribution in [0.4, 0.5) is 0 Å². The van der Waals surface area contributed by atoms with Gasteiger partial charge in [0.15, 0.2) is 5.82 Å². The number of benzene rings is 1. The summed E-state index contributed by atoms with van der Waals surface area (Å²) in [5.41, 5.74) is 4.25. The molecule has 4 nitrogen and oxygen atoms in total. The standard InChI is InChI=1S/C13H14N4/c1-3-9-4-5-10-12(8-9)15-13(14-10)11-6-7-17(2)16-11/h4-8H,3H2,1-2H3,(H,14,15). The van der Waals surface area contributed by atoms with Crippen molar-refractivity contribution >= 4 is 11.0 Å². The summed E-state index contributed by atoms with van der Waals surface area (Å²) in [6, 6.07) is 8.27. The van der Waals surface area contributed by atoms with Crippen molar-refractivity contribution in [3.63, 3.8) is 0 Å². The van der Waals surface area contributed by atoms with Gasteiger partial charge in [0.25, 0.3) is 0 Å². The lowest BCUT2D eigenvalue weighted by Gasteiger charge is -1.93. The minimum atomic E-state index is 0.828. The molecule has 0 saturated heterocycles. The molecule has 0 radical (unpaired) electrons. The fourth-order valence-electron chi connectivity index (χ4n) is 1.94. The highest BCUT2D eigenvalue weighted by atomic mass is 15.3. The van der Waals surface area contributed by atoms with E-state index < -0.39 is 0 Å². The Kier molecular flexibility index (Phi) is 2.21. The molecule has 1 aromatic carbocycles. The van der Waals surface area contributed by atoms with E-state index in [-0.39, 0.29) is 0 Å². The Hall–Kier alpha value is -2.10. The van der Waals surface area contributed by atoms with E-state index in [9.17, 15) is 0 Å². The zero-order valence-electron chi connectivity index (χ0n) is 9.94. The predicted molar refractivity (Wildman–Crippen MR) is 67.7 cm³/mol. The number of rotatable bonds is 2. The Labute approximate surface area is 99.3 Å². The minimum absolute atomic E-state index is 0.828. The molecule has 4 heteroatoms. The van der Waals surface area contributed by atoms with Crippen molar-refractivity contribution in [2.24, 2.45) is 7.05 Å². The highest BCUT2D eigenvalue weighted by Crippen LogP contribution is 2.19. The van der Waals surface area contributed by atoms with E-state index in [4.69, 9.17) is 0 Å². The number of nitrogens with one attached hydrogen (secondary N) is 1. The third-order valence-electron chi connectivity index (χ3n) is 2.91. The molecule has 2 heterocycles. The molecule has 0 fully saturated rings. The Morgan fingerprint density at radius 3 is 2.88 bits per heavy atom. The van der Waals surface area contributed by atoms with Crippen molar-refractivity contribution in [1.29, 1.82) is 0 Å². The summed E-state index contributed by atoms with van der Waals surface area (Å²) in [5, 5.41) is 4.34. The second-order valence-electron chi connectivity index (χ2n) is 4.17. The first kappa shape index (κ1) is 10.1. The molecule has 3 rings (SSSR count). The lowest BCUT2D eigenvalue weighted by molar-refractivity contribution is 0.769. The topological polar surface area (TPSA) is 46.5 Å². The third kappa shape index (κ3) is 1.71. The molecular formula is C13H14N4. The SMILES string of the molecule is CCc1ccc2nc(-c3ccn(C)n3)[nH]c2c1. The molecule has 1 N–H and O–H groups in total. The summed E-state index contributed by atoms with van der Waals surface area (Å²) in [6.07, 6.45) is 2.95. The normalized spacial score (nSPS) is 11.2. The van der Waals surface area contributed by atoms with E-state index in [0.717, 1.165) is 29.0 Å². The Morgan fingerprint density at radius 2 is 2.18 bits per heavy atom. The molecule has 0 atom stereocenters. The van der Waals surface area contributed by atoms with Gasteiger partial charge in [0.1, 0.15) is 5.69 Å². The number of H-pyrrole nitrogens is 1. The van der Waals surface area contributed by atoms with Crippen LogP contribution in [0.15, 0.2) is 30.5 Å². The maximum Gasteiger partial charge on any atom is 0.159 e. The Morgan fingerprint density at radius 1 is 1.29 bits per heavy atom. The monoisotopic (exact) mass is 226 g/mol. The number of aromatic amines is 1. The summed E-state index contributed by atoms with van der Waals surface area (Å²) in [4.78, 5) is 7.85. The van der Waals surface area contributed by atoms with E-state index in [0.29, 0.717) is 0 Å². The molecule has 0 spiro atoms. The molecule has 0 aliphatic heterocycles. The van der Waals surface area contributed by atoms with Crippen LogP contribution in [0.1, 0.15) is 12.5 Å². The van der Waals surface area contributed by atoms with Gasteiger partial charge in [-0.1, -0.05) is 13.0 Å². The average Bonchev–Trinajstić information content (AvgIpc) is 2.93. The average molecular weight is 226 g/mol. The molecule has 86 valence electrons. The highest BCUT2D eigenvalue weighted by Gasteiger charge is 2.07. The zero-order valence-corrected chi connectivity index (χ0v) is 9.94. The number of imidazole rings is 1. The lowest BCUT2D eigenvalue weighted by Crippen LogP contribution is -1.88. The van der Waals surface area contributed by atoms with Crippen LogP contribution in [0.5, 0.6) is 0 Å². The summed E-state index contributed by atoms with van der Waals surface area (Å²) < 4.78 is 1.78. The van der Waals surface area contributed by atoms with Gasteiger partial charge in [-0.05, 0) is 30.2 Å². The van der Waals surface area contributed by atoms with Gasteiger partial charge in [0.05, 0.1) is 11.0 Å². The number of hydrogen-bond acceptors (Lipinski definition) is 2. The van der Waals surface area contributed by atoms with Gasteiger partial charge < -0.3 is 4.98 Å². The van der Waals surface area contributed by atoms with Gasteiger partial charge in [0, 0.05) is 13.2 Å². The molecule has 0 aliphatic rings. The number of hydrogen-bond donors (Lipinski definition) is 1. The molecule has 2 aromatic heterocycles. The van der Waals surface area contributed by atoms with E-state index in [1.54, 1.807) is 4.68 Å². The quantitative estimate of drug-likeness (QED) is 0.729. The fourth-order valence-corrected chi connectivity index (χ4v) is 1.94. The molecule has 0 bridgehead atoms. The largest absolute Gasteiger partial charge is 0.337 e. The molecule has 17 heavy (non-hydrogen) atoms. The summed E-state index contributed by atoms with van der Waals surface area (Å²) >= 11 is 0. The second-order valence-corrected chi connectivity index (χ2v) is 4.17. The summed E-state index contributed by atoms with van der Waals surface area (Å²) in [5.74, 6) is 0.828. The minimum Gasteiger partial charge on any atom is -0.337 e. The maximum absolute atomic E-state index is 4.54. The van der Waals surface area contributed by atoms with Crippen LogP contribution in [0.25, 0.3) is 22.6 Å². The van der Waals surface area contributed by atoms with Gasteiger partial charge in [-0.15, -0.1) is 0 Å². The molecular weight excluding hydrogens is 212 g/mol. The van der Waals surface area contributed by atoms with Crippen LogP contribution in [0.2, 0.25) is 0 Å². The number of aryl methyl sites for hydroxylation is 2. The first-order valence-corrected chi connectivity index (χ1v) is 5.75. The van der Waals surface area contributed by atoms with Gasteiger partial charge >= 0.3 is 0 Å². The number of fused-ring (bicyclic) bond motifs is 1. The Balaban J connectivity index is 2.13. The molecule has 0 aliphatic carbocycles. The van der Waals surface area contributed by atoms with Crippen molar-refractivity contribution in [3.8, 4) is 11.5 Å². The van der Waals surface area contributed by atoms with Gasteiger partial charge in [-0.25, -0.2) is 4.98 Å². The smallest absolute Gasteiger partial charge is 0.159 e. The third-order valence-corrected chi connectivity index (χ3v) is 2.91. The van der Waals surface area contributed by atoms with Crippen LogP contribution in [-0.4, -0.2) is 19.7 Å². The van der Waals surface area contributed by atoms with Gasteiger partial charge in [-0.3, -0.25) is 4.68 Å². The summed E-state index contributed by atoms with van der Waals surface area (Å²) in [6.45, 7) is 2.15. The van der Waals surface area contributed by atoms with Crippen LogP contribution < -0.4 is 0 Å². The number of aromatic nitrogens is 4. The van der Waals surface area contributed by atoms with Gasteiger partial charge in [-0.2, -0.15) is 5.10 Å². The van der Waals surface area contributed by atoms with E-state index >= 15 is 0 Å².